The zero-order valence-corrected chi connectivity index (χ0v) is 11.3. The van der Waals surface area contributed by atoms with Crippen LogP contribution in [-0.2, 0) is 0 Å². The monoisotopic (exact) mass is 299 g/mol. The van der Waals surface area contributed by atoms with Gasteiger partial charge >= 0.3 is 0 Å². The van der Waals surface area contributed by atoms with Crippen molar-refractivity contribution in [2.75, 3.05) is 0 Å². The molecule has 3 heteroatoms. The van der Waals surface area contributed by atoms with Crippen LogP contribution in [-0.4, -0.2) is 12.8 Å². The molecule has 1 nitrogen and oxygen atoms in total. The van der Waals surface area contributed by atoms with Gasteiger partial charge in [-0.3, -0.25) is 4.98 Å². The Morgan fingerprint density at radius 2 is 1.93 bits per heavy atom. The third kappa shape index (κ3) is 2.30. The van der Waals surface area contributed by atoms with Crippen LogP contribution in [0.25, 0.3) is 0 Å². The van der Waals surface area contributed by atoms with E-state index in [0.717, 1.165) is 5.56 Å². The van der Waals surface area contributed by atoms with Crippen molar-refractivity contribution in [2.24, 2.45) is 0 Å². The van der Waals surface area contributed by atoms with E-state index >= 15 is 0 Å². The van der Waals surface area contributed by atoms with Gasteiger partial charge in [0.15, 0.2) is 0 Å². The van der Waals surface area contributed by atoms with Gasteiger partial charge in [-0.1, -0.05) is 36.4 Å². The Bertz CT molecular complexity index is 334. The lowest BCUT2D eigenvalue weighted by atomic mass is 9.87. The lowest BCUT2D eigenvalue weighted by molar-refractivity contribution is 0.831. The smallest absolute Gasteiger partial charge is 0.142 e. The summed E-state index contributed by atoms with van der Waals surface area (Å²) < 4.78 is 0.483. The van der Waals surface area contributed by atoms with Gasteiger partial charge in [-0.15, -0.1) is 0 Å². The fraction of sp³-hybridized carbons (Fsp3) is 0.545. The van der Waals surface area contributed by atoms with Gasteiger partial charge in [0.1, 0.15) is 7.85 Å². The SMILES string of the molecule is [B]c1ncc(C(C)I)c(C(C)C)c1C. The highest BCUT2D eigenvalue weighted by Crippen LogP contribution is 2.30. The van der Waals surface area contributed by atoms with Crippen LogP contribution < -0.4 is 5.59 Å². The molecule has 1 atom stereocenters. The predicted octanol–water partition coefficient (Wildman–Crippen LogP) is 2.80. The molecule has 0 N–H and O–H groups in total. The average Bonchev–Trinajstić information content (AvgIpc) is 2.08. The molecule has 0 fully saturated rings. The van der Waals surface area contributed by atoms with Crippen molar-refractivity contribution in [3.05, 3.63) is 22.9 Å². The molecule has 74 valence electrons. The highest BCUT2D eigenvalue weighted by Gasteiger charge is 2.14. The molecule has 1 rings (SSSR count). The zero-order valence-electron chi connectivity index (χ0n) is 9.13. The van der Waals surface area contributed by atoms with Gasteiger partial charge in [0.05, 0.1) is 0 Å². The Hall–Kier alpha value is -0.0551. The second-order valence-corrected chi connectivity index (χ2v) is 5.78. The molecule has 0 aliphatic carbocycles. The molecule has 1 aromatic rings. The molecular formula is C11H15BIN. The van der Waals surface area contributed by atoms with E-state index in [1.54, 1.807) is 0 Å². The number of rotatable bonds is 2. The van der Waals surface area contributed by atoms with E-state index in [-0.39, 0.29) is 0 Å². The molecule has 0 spiro atoms. The van der Waals surface area contributed by atoms with Crippen molar-refractivity contribution in [1.29, 1.82) is 0 Å². The van der Waals surface area contributed by atoms with Crippen LogP contribution in [0.1, 0.15) is 47.3 Å². The van der Waals surface area contributed by atoms with Crippen LogP contribution in [0.4, 0.5) is 0 Å². The topological polar surface area (TPSA) is 12.9 Å². The van der Waals surface area contributed by atoms with E-state index in [1.165, 1.54) is 11.1 Å². The summed E-state index contributed by atoms with van der Waals surface area (Å²) in [6.07, 6.45) is 1.91. The van der Waals surface area contributed by atoms with Crippen LogP contribution in [0, 0.1) is 6.92 Å². The minimum atomic E-state index is 0.483. The first-order valence-corrected chi connectivity index (χ1v) is 6.08. The molecule has 0 aliphatic heterocycles. The molecule has 14 heavy (non-hydrogen) atoms. The van der Waals surface area contributed by atoms with Crippen molar-refractivity contribution in [2.45, 2.75) is 37.5 Å². The predicted molar refractivity (Wildman–Crippen MR) is 70.9 cm³/mol. The first-order chi connectivity index (χ1) is 6.45. The normalized spacial score (nSPS) is 13.3. The summed E-state index contributed by atoms with van der Waals surface area (Å²) in [7, 11) is 5.81. The molecule has 0 bridgehead atoms. The first kappa shape index (κ1) is 12.0. The highest BCUT2D eigenvalue weighted by atomic mass is 127. The van der Waals surface area contributed by atoms with Gasteiger partial charge in [0.2, 0.25) is 0 Å². The van der Waals surface area contributed by atoms with Crippen LogP contribution in [0.15, 0.2) is 6.20 Å². The number of hydrogen-bond donors (Lipinski definition) is 0. The summed E-state index contributed by atoms with van der Waals surface area (Å²) in [5.41, 5.74) is 4.47. The van der Waals surface area contributed by atoms with E-state index in [4.69, 9.17) is 7.85 Å². The maximum absolute atomic E-state index is 5.81. The Morgan fingerprint density at radius 3 is 2.36 bits per heavy atom. The molecule has 0 saturated heterocycles. The van der Waals surface area contributed by atoms with Crippen LogP contribution in [0.2, 0.25) is 0 Å². The Labute approximate surface area is 101 Å². The Balaban J connectivity index is 3.38. The number of halogens is 1. The minimum absolute atomic E-state index is 0.483. The van der Waals surface area contributed by atoms with Gasteiger partial charge < -0.3 is 0 Å². The number of alkyl halides is 1. The highest BCUT2D eigenvalue weighted by molar-refractivity contribution is 14.1. The fourth-order valence-electron chi connectivity index (χ4n) is 1.74. The number of aromatic nitrogens is 1. The summed E-state index contributed by atoms with van der Waals surface area (Å²) in [6.45, 7) is 8.63. The second kappa shape index (κ2) is 4.64. The van der Waals surface area contributed by atoms with Crippen LogP contribution in [0.5, 0.6) is 0 Å². The molecule has 2 radical (unpaired) electrons. The second-order valence-electron chi connectivity index (χ2n) is 3.91. The summed E-state index contributed by atoms with van der Waals surface area (Å²) in [6, 6.07) is 0. The molecular weight excluding hydrogens is 284 g/mol. The summed E-state index contributed by atoms with van der Waals surface area (Å²) in [5.74, 6) is 0.507. The third-order valence-electron chi connectivity index (χ3n) is 2.45. The minimum Gasteiger partial charge on any atom is -0.272 e. The zero-order chi connectivity index (χ0) is 10.9. The van der Waals surface area contributed by atoms with Gasteiger partial charge in [0.25, 0.3) is 0 Å². The van der Waals surface area contributed by atoms with Crippen molar-refractivity contribution in [3.63, 3.8) is 0 Å². The first-order valence-electron chi connectivity index (χ1n) is 4.84. The molecule has 1 unspecified atom stereocenters. The summed E-state index contributed by atoms with van der Waals surface area (Å²) in [5, 5.41) is 0. The van der Waals surface area contributed by atoms with E-state index in [1.807, 2.05) is 6.20 Å². The van der Waals surface area contributed by atoms with Crippen molar-refractivity contribution in [1.82, 2.24) is 4.98 Å². The lowest BCUT2D eigenvalue weighted by Crippen LogP contribution is -2.17. The molecule has 0 saturated carbocycles. The molecule has 1 heterocycles. The van der Waals surface area contributed by atoms with Gasteiger partial charge in [-0.2, -0.15) is 0 Å². The van der Waals surface area contributed by atoms with Crippen molar-refractivity contribution >= 4 is 36.0 Å². The summed E-state index contributed by atoms with van der Waals surface area (Å²) in [4.78, 5) is 4.22. The van der Waals surface area contributed by atoms with Gasteiger partial charge in [0, 0.05) is 10.1 Å². The van der Waals surface area contributed by atoms with E-state index in [2.05, 4.69) is 55.3 Å². The van der Waals surface area contributed by atoms with Crippen LogP contribution >= 0.6 is 22.6 Å². The fourth-order valence-corrected chi connectivity index (χ4v) is 2.24. The third-order valence-corrected chi connectivity index (χ3v) is 3.12. The number of pyridine rings is 1. The molecule has 0 amide bonds. The Morgan fingerprint density at radius 1 is 1.36 bits per heavy atom. The van der Waals surface area contributed by atoms with Gasteiger partial charge in [-0.25, -0.2) is 0 Å². The quantitative estimate of drug-likeness (QED) is 0.465. The maximum Gasteiger partial charge on any atom is 0.142 e. The molecule has 1 aromatic heterocycles. The van der Waals surface area contributed by atoms with Crippen molar-refractivity contribution < 1.29 is 0 Å². The largest absolute Gasteiger partial charge is 0.272 e. The lowest BCUT2D eigenvalue weighted by Gasteiger charge is -2.18. The van der Waals surface area contributed by atoms with Crippen LogP contribution in [0.3, 0.4) is 0 Å². The average molecular weight is 299 g/mol. The molecule has 0 aliphatic rings. The van der Waals surface area contributed by atoms with Gasteiger partial charge in [-0.05, 0) is 42.0 Å². The number of hydrogen-bond acceptors (Lipinski definition) is 1. The molecule has 0 aromatic carbocycles. The van der Waals surface area contributed by atoms with Crippen molar-refractivity contribution in [3.8, 4) is 0 Å². The van der Waals surface area contributed by atoms with E-state index in [0.29, 0.717) is 15.4 Å². The number of nitrogens with zero attached hydrogens (tertiary/aromatic N) is 1. The summed E-state index contributed by atoms with van der Waals surface area (Å²) >= 11 is 2.41. The van der Waals surface area contributed by atoms with E-state index in [9.17, 15) is 0 Å². The standard InChI is InChI=1S/C11H15BIN/c1-6(2)10-7(3)11(12)14-5-9(10)8(4)13/h5-6,8H,1-4H3. The Kier molecular flexibility index (Phi) is 3.99. The van der Waals surface area contributed by atoms with E-state index < -0.39 is 0 Å². The maximum atomic E-state index is 5.81.